The Balaban J connectivity index is 2.07. The van der Waals surface area contributed by atoms with Crippen molar-refractivity contribution in [3.63, 3.8) is 0 Å². The van der Waals surface area contributed by atoms with E-state index < -0.39 is 0 Å². The van der Waals surface area contributed by atoms with Gasteiger partial charge in [-0.05, 0) is 42.2 Å². The highest BCUT2D eigenvalue weighted by atomic mass is 35.5. The average Bonchev–Trinajstić information content (AvgIpc) is 2.46. The van der Waals surface area contributed by atoms with Crippen LogP contribution in [0, 0.1) is 0 Å². The lowest BCUT2D eigenvalue weighted by Crippen LogP contribution is -2.05. The summed E-state index contributed by atoms with van der Waals surface area (Å²) in [6.07, 6.45) is 2.13. The van der Waals surface area contributed by atoms with Gasteiger partial charge in [0.15, 0.2) is 0 Å². The summed E-state index contributed by atoms with van der Waals surface area (Å²) in [7, 11) is 0. The predicted octanol–water partition coefficient (Wildman–Crippen LogP) is 4.65. The molecule has 0 saturated heterocycles. The third-order valence-corrected chi connectivity index (χ3v) is 4.15. The maximum atomic E-state index is 6.26. The first-order chi connectivity index (χ1) is 9.33. The molecule has 19 heavy (non-hydrogen) atoms. The standard InChI is InChI=1S/C17H12ClN/c18-15-6-3-7-16-14(15)10-12-9-8-11-4-1-2-5-13(11)17(12)19-16/h1-7,10H,8-9H2. The molecular weight excluding hydrogens is 254 g/mol. The van der Waals surface area contributed by atoms with Crippen LogP contribution in [0.5, 0.6) is 0 Å². The molecule has 0 unspecified atom stereocenters. The number of hydrogen-bond donors (Lipinski definition) is 0. The van der Waals surface area contributed by atoms with Crippen LogP contribution in [0.15, 0.2) is 48.5 Å². The Bertz CT molecular complexity index is 792. The Morgan fingerprint density at radius 3 is 2.68 bits per heavy atom. The number of rotatable bonds is 0. The summed E-state index contributed by atoms with van der Waals surface area (Å²) in [6.45, 7) is 0. The third kappa shape index (κ3) is 1.66. The molecule has 0 amide bonds. The highest BCUT2D eigenvalue weighted by Gasteiger charge is 2.18. The van der Waals surface area contributed by atoms with Gasteiger partial charge in [-0.1, -0.05) is 41.9 Å². The van der Waals surface area contributed by atoms with Gasteiger partial charge in [-0.15, -0.1) is 0 Å². The fourth-order valence-electron chi connectivity index (χ4n) is 2.86. The van der Waals surface area contributed by atoms with Crippen LogP contribution >= 0.6 is 11.6 Å². The summed E-state index contributed by atoms with van der Waals surface area (Å²) >= 11 is 6.26. The Morgan fingerprint density at radius 2 is 1.74 bits per heavy atom. The average molecular weight is 266 g/mol. The number of halogens is 1. The number of nitrogens with zero attached hydrogens (tertiary/aromatic N) is 1. The van der Waals surface area contributed by atoms with Gasteiger partial charge in [0, 0.05) is 16.0 Å². The third-order valence-electron chi connectivity index (χ3n) is 3.82. The second-order valence-corrected chi connectivity index (χ2v) is 5.37. The Morgan fingerprint density at radius 1 is 0.895 bits per heavy atom. The van der Waals surface area contributed by atoms with Crippen molar-refractivity contribution in [1.29, 1.82) is 0 Å². The summed E-state index contributed by atoms with van der Waals surface area (Å²) in [5.41, 5.74) is 6.06. The Labute approximate surface area is 116 Å². The van der Waals surface area contributed by atoms with Crippen molar-refractivity contribution in [2.75, 3.05) is 0 Å². The number of pyridine rings is 1. The molecule has 3 aromatic rings. The van der Waals surface area contributed by atoms with Crippen molar-refractivity contribution in [2.45, 2.75) is 12.8 Å². The molecule has 0 aliphatic heterocycles. The molecule has 1 aliphatic rings. The SMILES string of the molecule is Clc1cccc2nc3c(cc12)CCc1ccccc1-3. The molecular formula is C17H12ClN. The van der Waals surface area contributed by atoms with Gasteiger partial charge < -0.3 is 0 Å². The Hall–Kier alpha value is -1.86. The van der Waals surface area contributed by atoms with Crippen molar-refractivity contribution < 1.29 is 0 Å². The lowest BCUT2D eigenvalue weighted by Gasteiger charge is -2.19. The van der Waals surface area contributed by atoms with Crippen LogP contribution in [-0.2, 0) is 12.8 Å². The van der Waals surface area contributed by atoms with Crippen molar-refractivity contribution >= 4 is 22.5 Å². The maximum absolute atomic E-state index is 6.26. The molecule has 2 heteroatoms. The minimum atomic E-state index is 0.784. The number of hydrogen-bond acceptors (Lipinski definition) is 1. The van der Waals surface area contributed by atoms with E-state index in [0.29, 0.717) is 0 Å². The molecule has 1 aliphatic carbocycles. The summed E-state index contributed by atoms with van der Waals surface area (Å²) < 4.78 is 0. The fraction of sp³-hybridized carbons (Fsp3) is 0.118. The number of fused-ring (bicyclic) bond motifs is 4. The zero-order valence-corrected chi connectivity index (χ0v) is 11.1. The van der Waals surface area contributed by atoms with Crippen LogP contribution in [0.4, 0.5) is 0 Å². The first-order valence-electron chi connectivity index (χ1n) is 6.49. The van der Waals surface area contributed by atoms with Crippen molar-refractivity contribution in [2.24, 2.45) is 0 Å². The molecule has 0 atom stereocenters. The molecule has 1 nitrogen and oxygen atoms in total. The summed E-state index contributed by atoms with van der Waals surface area (Å²) in [5.74, 6) is 0. The van der Waals surface area contributed by atoms with Gasteiger partial charge in [0.1, 0.15) is 0 Å². The van der Waals surface area contributed by atoms with Crippen LogP contribution < -0.4 is 0 Å². The lowest BCUT2D eigenvalue weighted by molar-refractivity contribution is 0.933. The molecule has 0 bridgehead atoms. The number of aryl methyl sites for hydroxylation is 2. The minimum absolute atomic E-state index is 0.784. The van der Waals surface area contributed by atoms with E-state index in [2.05, 4.69) is 30.3 Å². The molecule has 1 heterocycles. The van der Waals surface area contributed by atoms with Gasteiger partial charge in [0.25, 0.3) is 0 Å². The zero-order chi connectivity index (χ0) is 12.8. The van der Waals surface area contributed by atoms with Crippen LogP contribution in [0.25, 0.3) is 22.2 Å². The molecule has 4 rings (SSSR count). The monoisotopic (exact) mass is 265 g/mol. The second-order valence-electron chi connectivity index (χ2n) is 4.96. The molecule has 0 radical (unpaired) electrons. The van der Waals surface area contributed by atoms with Crippen molar-refractivity contribution in [3.8, 4) is 11.3 Å². The predicted molar refractivity (Wildman–Crippen MR) is 79.6 cm³/mol. The highest BCUT2D eigenvalue weighted by Crippen LogP contribution is 2.35. The summed E-state index contributed by atoms with van der Waals surface area (Å²) in [6, 6.07) is 16.7. The van der Waals surface area contributed by atoms with Crippen molar-refractivity contribution in [1.82, 2.24) is 4.98 Å². The van der Waals surface area contributed by atoms with E-state index in [1.54, 1.807) is 0 Å². The maximum Gasteiger partial charge on any atom is 0.0744 e. The van der Waals surface area contributed by atoms with Crippen LogP contribution in [-0.4, -0.2) is 4.98 Å². The summed E-state index contributed by atoms with van der Waals surface area (Å²) in [5, 5.41) is 1.84. The molecule has 1 aromatic heterocycles. The molecule has 0 saturated carbocycles. The van der Waals surface area contributed by atoms with E-state index in [4.69, 9.17) is 16.6 Å². The lowest BCUT2D eigenvalue weighted by atomic mass is 9.88. The van der Waals surface area contributed by atoms with E-state index in [0.717, 1.165) is 34.5 Å². The van der Waals surface area contributed by atoms with Crippen molar-refractivity contribution in [3.05, 3.63) is 64.7 Å². The van der Waals surface area contributed by atoms with E-state index in [1.807, 2.05) is 18.2 Å². The van der Waals surface area contributed by atoms with Crippen LogP contribution in [0.3, 0.4) is 0 Å². The van der Waals surface area contributed by atoms with E-state index in [1.165, 1.54) is 16.7 Å². The fourth-order valence-corrected chi connectivity index (χ4v) is 3.09. The van der Waals surface area contributed by atoms with Gasteiger partial charge in [-0.3, -0.25) is 0 Å². The van der Waals surface area contributed by atoms with Crippen LogP contribution in [0.1, 0.15) is 11.1 Å². The topological polar surface area (TPSA) is 12.9 Å². The normalized spacial score (nSPS) is 13.1. The minimum Gasteiger partial charge on any atom is -0.247 e. The largest absolute Gasteiger partial charge is 0.247 e. The second kappa shape index (κ2) is 4.07. The molecule has 0 fully saturated rings. The zero-order valence-electron chi connectivity index (χ0n) is 10.4. The van der Waals surface area contributed by atoms with Gasteiger partial charge in [0.05, 0.1) is 11.2 Å². The first kappa shape index (κ1) is 11.0. The molecule has 92 valence electrons. The van der Waals surface area contributed by atoms with Gasteiger partial charge >= 0.3 is 0 Å². The summed E-state index contributed by atoms with van der Waals surface area (Å²) in [4.78, 5) is 4.83. The van der Waals surface area contributed by atoms with Gasteiger partial charge in [-0.2, -0.15) is 0 Å². The molecule has 0 spiro atoms. The van der Waals surface area contributed by atoms with Gasteiger partial charge in [-0.25, -0.2) is 4.98 Å². The molecule has 2 aromatic carbocycles. The first-order valence-corrected chi connectivity index (χ1v) is 6.87. The Kier molecular flexibility index (Phi) is 2.36. The van der Waals surface area contributed by atoms with E-state index in [9.17, 15) is 0 Å². The van der Waals surface area contributed by atoms with E-state index >= 15 is 0 Å². The van der Waals surface area contributed by atoms with Crippen LogP contribution in [0.2, 0.25) is 5.02 Å². The number of aromatic nitrogens is 1. The quantitative estimate of drug-likeness (QED) is 0.576. The highest BCUT2D eigenvalue weighted by molar-refractivity contribution is 6.35. The van der Waals surface area contributed by atoms with Gasteiger partial charge in [0.2, 0.25) is 0 Å². The number of benzene rings is 2. The van der Waals surface area contributed by atoms with E-state index in [-0.39, 0.29) is 0 Å². The molecule has 0 N–H and O–H groups in total. The smallest absolute Gasteiger partial charge is 0.0744 e.